The first kappa shape index (κ1) is 24.3. The predicted octanol–water partition coefficient (Wildman–Crippen LogP) is 4.37. The van der Waals surface area contributed by atoms with Crippen LogP contribution in [0.2, 0.25) is 0 Å². The summed E-state index contributed by atoms with van der Waals surface area (Å²) in [5, 5.41) is 0. The number of piperazine rings is 1. The molecule has 1 amide bonds. The number of carbonyl (C=O) groups is 2. The largest absolute Gasteiger partial charge is 0.452 e. The van der Waals surface area contributed by atoms with Crippen LogP contribution in [0.1, 0.15) is 21.5 Å². The van der Waals surface area contributed by atoms with Crippen molar-refractivity contribution in [1.82, 2.24) is 4.90 Å². The fraction of sp³-hybridized carbons (Fsp3) is 0.333. The molecule has 0 atom stereocenters. The Hall–Kier alpha value is -3.31. The lowest BCUT2D eigenvalue weighted by molar-refractivity contribution is -0.143. The van der Waals surface area contributed by atoms with Gasteiger partial charge in [-0.05, 0) is 42.5 Å². The zero-order valence-corrected chi connectivity index (χ0v) is 16.8. The van der Waals surface area contributed by atoms with E-state index in [2.05, 4.69) is 4.74 Å². The summed E-state index contributed by atoms with van der Waals surface area (Å²) in [5.74, 6) is -2.52. The van der Waals surface area contributed by atoms with E-state index in [-0.39, 0.29) is 31.3 Å². The SMILES string of the molecule is O=C(OCC(=O)N1CCN(c2ccc(F)cc2)CC1)c1cc(C(F)(F)F)cc(C(F)(F)F)c1. The van der Waals surface area contributed by atoms with E-state index in [1.54, 1.807) is 12.1 Å². The highest BCUT2D eigenvalue weighted by Gasteiger charge is 2.37. The number of halogens is 7. The quantitative estimate of drug-likeness (QED) is 0.484. The number of rotatable bonds is 4. The molecule has 2 aromatic carbocycles. The summed E-state index contributed by atoms with van der Waals surface area (Å²) < 4.78 is 95.3. The topological polar surface area (TPSA) is 49.9 Å². The smallest absolute Gasteiger partial charge is 0.416 e. The van der Waals surface area contributed by atoms with Gasteiger partial charge in [0.15, 0.2) is 6.61 Å². The van der Waals surface area contributed by atoms with Crippen molar-refractivity contribution >= 4 is 17.6 Å². The standard InChI is InChI=1S/C21H17F7N2O3/c22-16-1-3-17(4-2-16)29-5-7-30(8-6-29)18(31)12-33-19(32)13-9-14(20(23,24)25)11-15(10-13)21(26,27)28/h1-4,9-11H,5-8,12H2. The summed E-state index contributed by atoms with van der Waals surface area (Å²) in [6.45, 7) is 0.417. The second-order valence-electron chi connectivity index (χ2n) is 7.21. The Balaban J connectivity index is 1.60. The summed E-state index contributed by atoms with van der Waals surface area (Å²) in [7, 11) is 0. The van der Waals surface area contributed by atoms with Crippen molar-refractivity contribution in [2.45, 2.75) is 12.4 Å². The van der Waals surface area contributed by atoms with Crippen molar-refractivity contribution in [3.05, 3.63) is 65.0 Å². The van der Waals surface area contributed by atoms with E-state index >= 15 is 0 Å². The lowest BCUT2D eigenvalue weighted by Crippen LogP contribution is -2.49. The second kappa shape index (κ2) is 9.28. The normalized spacial score (nSPS) is 14.9. The lowest BCUT2D eigenvalue weighted by Gasteiger charge is -2.36. The highest BCUT2D eigenvalue weighted by atomic mass is 19.4. The van der Waals surface area contributed by atoms with Crippen LogP contribution in [0.4, 0.5) is 36.4 Å². The van der Waals surface area contributed by atoms with Crippen molar-refractivity contribution in [3.63, 3.8) is 0 Å². The van der Waals surface area contributed by atoms with Crippen LogP contribution in [0, 0.1) is 5.82 Å². The minimum atomic E-state index is -5.11. The van der Waals surface area contributed by atoms with Crippen molar-refractivity contribution < 1.29 is 45.1 Å². The van der Waals surface area contributed by atoms with Gasteiger partial charge in [0.2, 0.25) is 0 Å². The molecule has 0 aliphatic carbocycles. The zero-order chi connectivity index (χ0) is 24.4. The first-order valence-electron chi connectivity index (χ1n) is 9.59. The summed E-state index contributed by atoms with van der Waals surface area (Å²) in [6, 6.07) is 6.13. The van der Waals surface area contributed by atoms with Gasteiger partial charge in [-0.15, -0.1) is 0 Å². The molecule has 0 bridgehead atoms. The number of ether oxygens (including phenoxy) is 1. The summed E-state index contributed by atoms with van der Waals surface area (Å²) >= 11 is 0. The molecule has 1 saturated heterocycles. The van der Waals surface area contributed by atoms with Crippen molar-refractivity contribution in [3.8, 4) is 0 Å². The Morgan fingerprint density at radius 3 is 1.82 bits per heavy atom. The van der Waals surface area contributed by atoms with Gasteiger partial charge in [0.1, 0.15) is 5.82 Å². The number of benzene rings is 2. The molecule has 1 heterocycles. The third-order valence-corrected chi connectivity index (χ3v) is 4.97. The Kier molecular flexibility index (Phi) is 6.84. The first-order chi connectivity index (χ1) is 15.3. The van der Waals surface area contributed by atoms with E-state index in [1.165, 1.54) is 17.0 Å². The number of alkyl halides is 6. The average Bonchev–Trinajstić information content (AvgIpc) is 2.76. The van der Waals surface area contributed by atoms with Gasteiger partial charge < -0.3 is 14.5 Å². The molecule has 0 unspecified atom stereocenters. The highest BCUT2D eigenvalue weighted by molar-refractivity contribution is 5.91. The van der Waals surface area contributed by atoms with E-state index in [9.17, 15) is 40.3 Å². The van der Waals surface area contributed by atoms with Gasteiger partial charge in [0.05, 0.1) is 16.7 Å². The molecule has 2 aromatic rings. The van der Waals surface area contributed by atoms with Crippen LogP contribution >= 0.6 is 0 Å². The summed E-state index contributed by atoms with van der Waals surface area (Å²) in [5.41, 5.74) is -3.54. The zero-order valence-electron chi connectivity index (χ0n) is 16.8. The minimum absolute atomic E-state index is 0.109. The van der Waals surface area contributed by atoms with Crippen molar-refractivity contribution in [2.24, 2.45) is 0 Å². The third-order valence-electron chi connectivity index (χ3n) is 4.97. The van der Waals surface area contributed by atoms with Gasteiger partial charge in [-0.3, -0.25) is 4.79 Å². The van der Waals surface area contributed by atoms with Crippen LogP contribution in [0.5, 0.6) is 0 Å². The van der Waals surface area contributed by atoms with Crippen molar-refractivity contribution in [1.29, 1.82) is 0 Å². The van der Waals surface area contributed by atoms with Gasteiger partial charge in [0.25, 0.3) is 5.91 Å². The number of hydrogen-bond acceptors (Lipinski definition) is 4. The predicted molar refractivity (Wildman–Crippen MR) is 102 cm³/mol. The lowest BCUT2D eigenvalue weighted by atomic mass is 10.0. The summed E-state index contributed by atoms with van der Waals surface area (Å²) in [4.78, 5) is 27.6. The van der Waals surface area contributed by atoms with Crippen LogP contribution in [0.3, 0.4) is 0 Å². The second-order valence-corrected chi connectivity index (χ2v) is 7.21. The van der Waals surface area contributed by atoms with E-state index in [1.807, 2.05) is 4.90 Å². The van der Waals surface area contributed by atoms with E-state index in [4.69, 9.17) is 0 Å². The third kappa shape index (κ3) is 6.14. The van der Waals surface area contributed by atoms with Gasteiger partial charge in [-0.25, -0.2) is 9.18 Å². The molecule has 178 valence electrons. The maximum absolute atomic E-state index is 13.0. The maximum Gasteiger partial charge on any atom is 0.416 e. The fourth-order valence-corrected chi connectivity index (χ4v) is 3.24. The summed E-state index contributed by atoms with van der Waals surface area (Å²) in [6.07, 6.45) is -10.2. The van der Waals surface area contributed by atoms with Crippen LogP contribution in [0.15, 0.2) is 42.5 Å². The van der Waals surface area contributed by atoms with Crippen LogP contribution in [-0.2, 0) is 21.9 Å². The van der Waals surface area contributed by atoms with Gasteiger partial charge in [0, 0.05) is 31.9 Å². The van der Waals surface area contributed by atoms with Gasteiger partial charge in [-0.2, -0.15) is 26.3 Å². The highest BCUT2D eigenvalue weighted by Crippen LogP contribution is 2.36. The van der Waals surface area contributed by atoms with Crippen molar-refractivity contribution in [2.75, 3.05) is 37.7 Å². The monoisotopic (exact) mass is 478 g/mol. The molecule has 3 rings (SSSR count). The molecule has 1 aliphatic rings. The molecule has 0 radical (unpaired) electrons. The number of esters is 1. The van der Waals surface area contributed by atoms with Gasteiger partial charge in [-0.1, -0.05) is 0 Å². The molecule has 1 aliphatic heterocycles. The first-order valence-corrected chi connectivity index (χ1v) is 9.59. The molecule has 0 saturated carbocycles. The van der Waals surface area contributed by atoms with E-state index < -0.39 is 53.3 Å². The number of nitrogens with zero attached hydrogens (tertiary/aromatic N) is 2. The molecule has 0 spiro atoms. The van der Waals surface area contributed by atoms with E-state index in [0.717, 1.165) is 5.69 Å². The van der Waals surface area contributed by atoms with Crippen LogP contribution in [-0.4, -0.2) is 49.6 Å². The van der Waals surface area contributed by atoms with Crippen LogP contribution in [0.25, 0.3) is 0 Å². The Bertz CT molecular complexity index is 980. The molecular weight excluding hydrogens is 461 g/mol. The Morgan fingerprint density at radius 2 is 1.33 bits per heavy atom. The molecule has 12 heteroatoms. The Labute approximate surface area is 183 Å². The number of hydrogen-bond donors (Lipinski definition) is 0. The minimum Gasteiger partial charge on any atom is -0.452 e. The molecule has 0 aromatic heterocycles. The fourth-order valence-electron chi connectivity index (χ4n) is 3.24. The number of carbonyl (C=O) groups excluding carboxylic acids is 2. The molecule has 1 fully saturated rings. The number of anilines is 1. The molecule has 5 nitrogen and oxygen atoms in total. The molecule has 0 N–H and O–H groups in total. The average molecular weight is 478 g/mol. The molecular formula is C21H17F7N2O3. The van der Waals surface area contributed by atoms with Gasteiger partial charge >= 0.3 is 18.3 Å². The van der Waals surface area contributed by atoms with E-state index in [0.29, 0.717) is 13.1 Å². The molecule has 33 heavy (non-hydrogen) atoms. The maximum atomic E-state index is 13.0. The van der Waals surface area contributed by atoms with Crippen LogP contribution < -0.4 is 4.90 Å². The Morgan fingerprint density at radius 1 is 0.818 bits per heavy atom. The number of amides is 1.